The molecule has 6 heterocycles. The second kappa shape index (κ2) is 18.2. The van der Waals surface area contributed by atoms with E-state index < -0.39 is 0 Å². The largest absolute Gasteiger partial charge is 0.456 e. The van der Waals surface area contributed by atoms with Gasteiger partial charge in [0.15, 0.2) is 5.82 Å². The first kappa shape index (κ1) is 45.9. The minimum Gasteiger partial charge on any atom is -0.456 e. The highest BCUT2D eigenvalue weighted by Crippen LogP contribution is 2.54. The number of pyridine rings is 2. The van der Waals surface area contributed by atoms with Crippen molar-refractivity contribution in [3.8, 4) is 78.4 Å². The van der Waals surface area contributed by atoms with Crippen molar-refractivity contribution in [3.63, 3.8) is 0 Å². The molecule has 11 aromatic carbocycles. The number of hydrogen-bond donors (Lipinski definition) is 0. The van der Waals surface area contributed by atoms with Gasteiger partial charge in [-0.05, 0) is 117 Å². The molecule has 0 spiro atoms. The maximum atomic E-state index is 6.85. The second-order valence-corrected chi connectivity index (χ2v) is 21.1. The van der Waals surface area contributed by atoms with Crippen LogP contribution in [0.1, 0.15) is 0 Å². The number of nitrogens with zero attached hydrogens (tertiary/aromatic N) is 4. The molecule has 0 aliphatic rings. The van der Waals surface area contributed by atoms with E-state index in [0.717, 1.165) is 166 Å². The molecule has 382 valence electrons. The van der Waals surface area contributed by atoms with Crippen LogP contribution in [0.4, 0.5) is 0 Å². The fraction of sp³-hybridized carbons (Fsp3) is 0. The molecular weight excluding hydrogens is 1000 g/mol. The Labute approximate surface area is 470 Å². The van der Waals surface area contributed by atoms with Gasteiger partial charge in [0.2, 0.25) is 0 Å². The summed E-state index contributed by atoms with van der Waals surface area (Å²) < 4.78 is 18.6. The molecule has 0 bridgehead atoms. The number of para-hydroxylation sites is 4. The number of rotatable bonds is 8. The summed E-state index contributed by atoms with van der Waals surface area (Å²) in [6.07, 6.45) is 3.78. The average Bonchev–Trinajstić information content (AvgIpc) is 2.94. The highest BCUT2D eigenvalue weighted by molar-refractivity contribution is 6.21. The van der Waals surface area contributed by atoms with Crippen molar-refractivity contribution in [2.75, 3.05) is 0 Å². The second-order valence-electron chi connectivity index (χ2n) is 21.1. The van der Waals surface area contributed by atoms with Crippen LogP contribution < -0.4 is 0 Å². The summed E-state index contributed by atoms with van der Waals surface area (Å²) in [5, 5.41) is 8.55. The molecule has 0 radical (unpaired) electrons. The molecule has 17 aromatic rings. The van der Waals surface area contributed by atoms with E-state index in [1.807, 2.05) is 24.5 Å². The van der Waals surface area contributed by atoms with Crippen molar-refractivity contribution in [3.05, 3.63) is 279 Å². The Kier molecular flexibility index (Phi) is 10.2. The van der Waals surface area contributed by atoms with Crippen LogP contribution in [0.5, 0.6) is 0 Å². The minimum atomic E-state index is 0.765. The topological polar surface area (TPSA) is 61.9 Å². The Balaban J connectivity index is 1.15. The Morgan fingerprint density at radius 1 is 0.280 bits per heavy atom. The van der Waals surface area contributed by atoms with Gasteiger partial charge in [0.05, 0.1) is 33.4 Å². The lowest BCUT2D eigenvalue weighted by molar-refractivity contribution is 0.668. The molecule has 0 amide bonds. The van der Waals surface area contributed by atoms with Crippen LogP contribution in [0.2, 0.25) is 0 Å². The fourth-order valence-corrected chi connectivity index (χ4v) is 13.1. The van der Waals surface area contributed by atoms with E-state index in [0.29, 0.717) is 0 Å². The summed E-state index contributed by atoms with van der Waals surface area (Å²) in [7, 11) is 0. The van der Waals surface area contributed by atoms with Crippen LogP contribution in [0.25, 0.3) is 166 Å². The van der Waals surface area contributed by atoms with Crippen LogP contribution in [-0.4, -0.2) is 19.1 Å². The lowest BCUT2D eigenvalue weighted by Crippen LogP contribution is -2.11. The third-order valence-corrected chi connectivity index (χ3v) is 16.7. The summed E-state index contributed by atoms with van der Waals surface area (Å²) in [6, 6.07) is 95.7. The van der Waals surface area contributed by atoms with Crippen molar-refractivity contribution in [2.45, 2.75) is 0 Å². The minimum absolute atomic E-state index is 0.765. The highest BCUT2D eigenvalue weighted by atomic mass is 16.3. The fourth-order valence-electron chi connectivity index (χ4n) is 13.1. The molecule has 0 unspecified atom stereocenters. The molecule has 0 saturated carbocycles. The first-order valence-corrected chi connectivity index (χ1v) is 27.8. The van der Waals surface area contributed by atoms with Gasteiger partial charge in [-0.15, -0.1) is 0 Å². The van der Waals surface area contributed by atoms with Gasteiger partial charge < -0.3 is 13.4 Å². The summed E-state index contributed by atoms with van der Waals surface area (Å²) in [5.74, 6) is 0.765. The smallest absolute Gasteiger partial charge is 0.163 e. The van der Waals surface area contributed by atoms with E-state index >= 15 is 0 Å². The Bertz CT molecular complexity index is 5400. The van der Waals surface area contributed by atoms with E-state index in [4.69, 9.17) is 13.8 Å². The van der Waals surface area contributed by atoms with Crippen LogP contribution in [0.15, 0.2) is 288 Å². The zero-order chi connectivity index (χ0) is 53.8. The quantitative estimate of drug-likeness (QED) is 0.152. The Morgan fingerprint density at radius 3 is 1.34 bits per heavy atom. The summed E-state index contributed by atoms with van der Waals surface area (Å²) in [5.41, 5.74) is 20.7. The normalized spacial score (nSPS) is 11.9. The van der Waals surface area contributed by atoms with Gasteiger partial charge >= 0.3 is 0 Å². The number of benzene rings is 11. The molecule has 0 N–H and O–H groups in total. The number of furan rings is 2. The van der Waals surface area contributed by atoms with Gasteiger partial charge in [0.1, 0.15) is 22.3 Å². The third-order valence-electron chi connectivity index (χ3n) is 16.7. The van der Waals surface area contributed by atoms with Crippen molar-refractivity contribution in [1.29, 1.82) is 0 Å². The van der Waals surface area contributed by atoms with Gasteiger partial charge in [0.25, 0.3) is 0 Å². The first-order chi connectivity index (χ1) is 40.7. The molecule has 0 aliphatic heterocycles. The Hall–Kier alpha value is -11.1. The van der Waals surface area contributed by atoms with Gasteiger partial charge in [-0.3, -0.25) is 9.55 Å². The summed E-state index contributed by atoms with van der Waals surface area (Å²) in [4.78, 5) is 11.0. The maximum absolute atomic E-state index is 6.85. The lowest BCUT2D eigenvalue weighted by atomic mass is 9.84. The molecule has 6 nitrogen and oxygen atoms in total. The molecule has 6 heteroatoms. The van der Waals surface area contributed by atoms with Crippen molar-refractivity contribution in [2.24, 2.45) is 0 Å². The zero-order valence-corrected chi connectivity index (χ0v) is 44.2. The van der Waals surface area contributed by atoms with E-state index in [9.17, 15) is 0 Å². The molecule has 82 heavy (non-hydrogen) atoms. The van der Waals surface area contributed by atoms with E-state index in [1.54, 1.807) is 0 Å². The van der Waals surface area contributed by atoms with E-state index in [1.165, 1.54) is 0 Å². The number of hydrogen-bond acceptors (Lipinski definition) is 4. The maximum Gasteiger partial charge on any atom is 0.163 e. The highest BCUT2D eigenvalue weighted by Gasteiger charge is 2.33. The van der Waals surface area contributed by atoms with Crippen LogP contribution in [-0.2, 0) is 0 Å². The average molecular weight is 1050 g/mol. The van der Waals surface area contributed by atoms with E-state index in [-0.39, 0.29) is 0 Å². The molecule has 0 aliphatic carbocycles. The molecule has 0 atom stereocenters. The monoisotopic (exact) mass is 1050 g/mol. The molecule has 0 saturated heterocycles. The lowest BCUT2D eigenvalue weighted by Gasteiger charge is -2.27. The molecule has 0 fully saturated rings. The third kappa shape index (κ3) is 6.95. The predicted molar refractivity (Wildman–Crippen MR) is 338 cm³/mol. The van der Waals surface area contributed by atoms with Crippen LogP contribution >= 0.6 is 0 Å². The van der Waals surface area contributed by atoms with Crippen molar-refractivity contribution in [1.82, 2.24) is 19.1 Å². The van der Waals surface area contributed by atoms with Gasteiger partial charge in [-0.2, -0.15) is 0 Å². The number of fused-ring (bicyclic) bond motifs is 12. The Morgan fingerprint density at radius 2 is 0.732 bits per heavy atom. The molecular formula is C76H46N4O2. The van der Waals surface area contributed by atoms with Gasteiger partial charge in [-0.25, -0.2) is 4.98 Å². The first-order valence-electron chi connectivity index (χ1n) is 27.8. The summed E-state index contributed by atoms with van der Waals surface area (Å²) in [6.45, 7) is 0. The van der Waals surface area contributed by atoms with Gasteiger partial charge in [0, 0.05) is 72.2 Å². The predicted octanol–water partition coefficient (Wildman–Crippen LogP) is 20.5. The van der Waals surface area contributed by atoms with Gasteiger partial charge in [-0.1, -0.05) is 194 Å². The van der Waals surface area contributed by atoms with E-state index in [2.05, 4.69) is 269 Å². The van der Waals surface area contributed by atoms with Crippen molar-refractivity contribution >= 4 is 87.5 Å². The zero-order valence-electron chi connectivity index (χ0n) is 44.2. The standard InChI is InChI=1S/C76H46N4O2/c1-3-19-47(20-4-1)50-37-39-64-60(45-50)53-24-9-13-31-62(53)79(64)75-73(55-26-8-7-23-52(55)49-41-43-77-44-42-49)72(58-29-17-35-68-70(58)56-27-11-15-33-66(56)81-68)74(59-30-18-36-69-71(59)57-28-12-16-34-67(57)82-69)78-76(75)80-63-32-14-10-25-54(63)61-46-51(38-40-65(61)80)48-21-5-2-6-22-48/h1-46H. The SMILES string of the molecule is c1ccc(-c2ccc3c(c2)c2ccccc2n3-c2nc(-c3cccc4oc5ccccc5c34)c(-c3cccc4oc5ccccc5c34)c(-c3ccccc3-c3ccncc3)c2-n2c3ccccc3c3cc(-c4ccccc4)ccc32)cc1. The van der Waals surface area contributed by atoms with Crippen molar-refractivity contribution < 1.29 is 8.83 Å². The molecule has 17 rings (SSSR count). The van der Waals surface area contributed by atoms with Crippen LogP contribution in [0.3, 0.4) is 0 Å². The summed E-state index contributed by atoms with van der Waals surface area (Å²) >= 11 is 0. The van der Waals surface area contributed by atoms with Crippen LogP contribution in [0, 0.1) is 0 Å². The number of aromatic nitrogens is 4. The molecule has 6 aromatic heterocycles.